The van der Waals surface area contributed by atoms with Crippen LogP contribution in [0.4, 0.5) is 0 Å². The summed E-state index contributed by atoms with van der Waals surface area (Å²) in [5, 5.41) is 2.41. The van der Waals surface area contributed by atoms with Gasteiger partial charge < -0.3 is 9.64 Å². The molecular weight excluding hydrogens is 434 g/mol. The SMILES string of the molecule is COc1ccc2cc(-c3ccc4c(c3)CCN(CC(=O)N3CCN(C5CCC5)CC3)C4)ccc2c1. The monoisotopic (exact) mass is 469 g/mol. The third-order valence-electron chi connectivity index (χ3n) is 8.30. The second-order valence-corrected chi connectivity index (χ2v) is 10.4. The Morgan fingerprint density at radius 1 is 0.857 bits per heavy atom. The van der Waals surface area contributed by atoms with E-state index in [0.29, 0.717) is 12.5 Å². The molecule has 1 saturated carbocycles. The molecular formula is C30H35N3O2. The molecule has 0 atom stereocenters. The van der Waals surface area contributed by atoms with Crippen molar-refractivity contribution in [3.63, 3.8) is 0 Å². The van der Waals surface area contributed by atoms with E-state index in [-0.39, 0.29) is 0 Å². The minimum absolute atomic E-state index is 0.297. The van der Waals surface area contributed by atoms with Crippen LogP contribution in [0, 0.1) is 0 Å². The second-order valence-electron chi connectivity index (χ2n) is 10.4. The fourth-order valence-electron chi connectivity index (χ4n) is 5.84. The first-order valence-corrected chi connectivity index (χ1v) is 13.1. The van der Waals surface area contributed by atoms with E-state index in [2.05, 4.69) is 63.2 Å². The molecule has 1 amide bonds. The van der Waals surface area contributed by atoms with Crippen LogP contribution in [0.1, 0.15) is 30.4 Å². The number of ether oxygens (including phenoxy) is 1. The van der Waals surface area contributed by atoms with Crippen LogP contribution < -0.4 is 4.74 Å². The first kappa shape index (κ1) is 22.6. The maximum atomic E-state index is 13.0. The molecule has 0 radical (unpaired) electrons. The number of fused-ring (bicyclic) bond motifs is 2. The van der Waals surface area contributed by atoms with Gasteiger partial charge in [-0.2, -0.15) is 0 Å². The average Bonchev–Trinajstić information content (AvgIpc) is 2.87. The van der Waals surface area contributed by atoms with Crippen LogP contribution in [0.5, 0.6) is 5.75 Å². The van der Waals surface area contributed by atoms with Crippen LogP contribution in [0.15, 0.2) is 54.6 Å². The fraction of sp³-hybridized carbons (Fsp3) is 0.433. The largest absolute Gasteiger partial charge is 0.497 e. The highest BCUT2D eigenvalue weighted by Crippen LogP contribution is 2.30. The Morgan fingerprint density at radius 2 is 1.60 bits per heavy atom. The van der Waals surface area contributed by atoms with E-state index in [0.717, 1.165) is 57.5 Å². The van der Waals surface area contributed by atoms with Crippen LogP contribution in [0.2, 0.25) is 0 Å². The molecule has 3 aromatic carbocycles. The van der Waals surface area contributed by atoms with Crippen molar-refractivity contribution in [2.45, 2.75) is 38.3 Å². The van der Waals surface area contributed by atoms with Crippen molar-refractivity contribution >= 4 is 16.7 Å². The third-order valence-corrected chi connectivity index (χ3v) is 8.30. The minimum atomic E-state index is 0.297. The van der Waals surface area contributed by atoms with Crippen LogP contribution in [-0.4, -0.2) is 73.0 Å². The first-order valence-electron chi connectivity index (χ1n) is 13.1. The summed E-state index contributed by atoms with van der Waals surface area (Å²) >= 11 is 0. The number of piperazine rings is 1. The highest BCUT2D eigenvalue weighted by atomic mass is 16.5. The summed E-state index contributed by atoms with van der Waals surface area (Å²) in [6.07, 6.45) is 5.06. The number of carbonyl (C=O) groups is 1. The number of rotatable bonds is 5. The van der Waals surface area contributed by atoms with Crippen LogP contribution in [-0.2, 0) is 17.8 Å². The van der Waals surface area contributed by atoms with Crippen molar-refractivity contribution in [2.24, 2.45) is 0 Å². The van der Waals surface area contributed by atoms with Gasteiger partial charge in [-0.05, 0) is 70.5 Å². The lowest BCUT2D eigenvalue weighted by Crippen LogP contribution is -2.55. The molecule has 0 unspecified atom stereocenters. The molecule has 5 nitrogen and oxygen atoms in total. The number of benzene rings is 3. The molecule has 3 aromatic rings. The quantitative estimate of drug-likeness (QED) is 0.549. The van der Waals surface area contributed by atoms with Gasteiger partial charge in [-0.15, -0.1) is 0 Å². The van der Waals surface area contributed by atoms with Gasteiger partial charge >= 0.3 is 0 Å². The van der Waals surface area contributed by atoms with Crippen molar-refractivity contribution in [3.8, 4) is 16.9 Å². The zero-order valence-electron chi connectivity index (χ0n) is 20.7. The van der Waals surface area contributed by atoms with E-state index in [1.54, 1.807) is 7.11 Å². The molecule has 0 N–H and O–H groups in total. The van der Waals surface area contributed by atoms with Crippen LogP contribution in [0.3, 0.4) is 0 Å². The standard InChI is InChI=1S/C30H35N3O2/c1-35-29-10-9-24-17-22(5-6-25(24)19-29)23-7-8-27-20-31(12-11-26(27)18-23)21-30(34)33-15-13-32(14-16-33)28-3-2-4-28/h5-10,17-19,28H,2-4,11-16,20-21H2,1H3. The Kier molecular flexibility index (Phi) is 6.21. The molecule has 1 aliphatic carbocycles. The van der Waals surface area contributed by atoms with E-state index in [4.69, 9.17) is 4.74 Å². The second kappa shape index (κ2) is 9.63. The molecule has 0 aromatic heterocycles. The third kappa shape index (κ3) is 4.67. The highest BCUT2D eigenvalue weighted by Gasteiger charge is 2.30. The molecule has 182 valence electrons. The maximum absolute atomic E-state index is 13.0. The molecule has 0 bridgehead atoms. The molecule has 2 aliphatic heterocycles. The molecule has 2 fully saturated rings. The van der Waals surface area contributed by atoms with E-state index >= 15 is 0 Å². The first-order chi connectivity index (χ1) is 17.2. The molecule has 2 heterocycles. The van der Waals surface area contributed by atoms with Gasteiger partial charge in [0, 0.05) is 45.3 Å². The van der Waals surface area contributed by atoms with Crippen LogP contribution >= 0.6 is 0 Å². The van der Waals surface area contributed by atoms with Gasteiger partial charge in [0.05, 0.1) is 13.7 Å². The molecule has 5 heteroatoms. The topological polar surface area (TPSA) is 36.0 Å². The molecule has 6 rings (SSSR count). The average molecular weight is 470 g/mol. The Balaban J connectivity index is 1.09. The Hall–Kier alpha value is -2.89. The summed E-state index contributed by atoms with van der Waals surface area (Å²) in [5.74, 6) is 1.18. The van der Waals surface area contributed by atoms with Gasteiger partial charge in [-0.3, -0.25) is 14.6 Å². The van der Waals surface area contributed by atoms with Crippen LogP contribution in [0.25, 0.3) is 21.9 Å². The number of hydrogen-bond donors (Lipinski definition) is 0. The summed E-state index contributed by atoms with van der Waals surface area (Å²) < 4.78 is 5.36. The van der Waals surface area contributed by atoms with E-state index in [9.17, 15) is 4.79 Å². The summed E-state index contributed by atoms with van der Waals surface area (Å²) in [5.41, 5.74) is 5.27. The Morgan fingerprint density at radius 3 is 2.37 bits per heavy atom. The maximum Gasteiger partial charge on any atom is 0.236 e. The summed E-state index contributed by atoms with van der Waals surface area (Å²) in [6.45, 7) is 6.22. The van der Waals surface area contributed by atoms with Gasteiger partial charge in [0.1, 0.15) is 5.75 Å². The predicted octanol–water partition coefficient (Wildman–Crippen LogP) is 4.57. The van der Waals surface area contributed by atoms with E-state index < -0.39 is 0 Å². The zero-order chi connectivity index (χ0) is 23.8. The number of amides is 1. The number of methoxy groups -OCH3 is 1. The zero-order valence-corrected chi connectivity index (χ0v) is 20.7. The molecule has 1 saturated heterocycles. The highest BCUT2D eigenvalue weighted by molar-refractivity contribution is 5.88. The van der Waals surface area contributed by atoms with E-state index in [1.165, 1.54) is 52.3 Å². The fourth-order valence-corrected chi connectivity index (χ4v) is 5.84. The lowest BCUT2D eigenvalue weighted by molar-refractivity contribution is -0.135. The summed E-state index contributed by atoms with van der Waals surface area (Å²) in [7, 11) is 1.71. The lowest BCUT2D eigenvalue weighted by atomic mass is 9.91. The predicted molar refractivity (Wildman–Crippen MR) is 141 cm³/mol. The molecule has 3 aliphatic rings. The van der Waals surface area contributed by atoms with Crippen molar-refractivity contribution in [1.29, 1.82) is 0 Å². The van der Waals surface area contributed by atoms with Crippen molar-refractivity contribution in [2.75, 3.05) is 46.4 Å². The van der Waals surface area contributed by atoms with E-state index in [1.807, 2.05) is 6.07 Å². The lowest BCUT2D eigenvalue weighted by Gasteiger charge is -2.43. The number of carbonyl (C=O) groups excluding carboxylic acids is 1. The van der Waals surface area contributed by atoms with Crippen molar-refractivity contribution in [1.82, 2.24) is 14.7 Å². The summed E-state index contributed by atoms with van der Waals surface area (Å²) in [4.78, 5) is 20.0. The number of hydrogen-bond acceptors (Lipinski definition) is 4. The minimum Gasteiger partial charge on any atom is -0.497 e. The summed E-state index contributed by atoms with van der Waals surface area (Å²) in [6, 6.07) is 20.5. The van der Waals surface area contributed by atoms with Crippen molar-refractivity contribution in [3.05, 3.63) is 65.7 Å². The van der Waals surface area contributed by atoms with Gasteiger partial charge in [0.25, 0.3) is 0 Å². The number of nitrogens with zero attached hydrogens (tertiary/aromatic N) is 3. The smallest absolute Gasteiger partial charge is 0.236 e. The van der Waals surface area contributed by atoms with Crippen molar-refractivity contribution < 1.29 is 9.53 Å². The Labute approximate surface area is 208 Å². The van der Waals surface area contributed by atoms with Gasteiger partial charge in [-0.25, -0.2) is 0 Å². The normalized spacial score (nSPS) is 19.4. The van der Waals surface area contributed by atoms with Gasteiger partial charge in [0.15, 0.2) is 0 Å². The van der Waals surface area contributed by atoms with Gasteiger partial charge in [-0.1, -0.05) is 42.8 Å². The molecule has 0 spiro atoms. The van der Waals surface area contributed by atoms with Gasteiger partial charge in [0.2, 0.25) is 5.91 Å². The molecule has 35 heavy (non-hydrogen) atoms. The Bertz CT molecular complexity index is 1230.